The van der Waals surface area contributed by atoms with Crippen molar-refractivity contribution in [2.75, 3.05) is 13.7 Å². The lowest BCUT2D eigenvalue weighted by atomic mass is 10.1. The molecular weight excluding hydrogens is 190 g/mol. The van der Waals surface area contributed by atoms with E-state index in [9.17, 15) is 0 Å². The number of methoxy groups -OCH3 is 1. The minimum Gasteiger partial charge on any atom is -0.497 e. The second-order valence-electron chi connectivity index (χ2n) is 3.76. The van der Waals surface area contributed by atoms with E-state index in [0.717, 1.165) is 11.3 Å². The molecule has 0 radical (unpaired) electrons. The van der Waals surface area contributed by atoms with Gasteiger partial charge in [-0.2, -0.15) is 0 Å². The first kappa shape index (κ1) is 12.0. The Labute approximate surface area is 91.2 Å². The van der Waals surface area contributed by atoms with E-state index in [4.69, 9.17) is 15.2 Å². The van der Waals surface area contributed by atoms with E-state index in [0.29, 0.717) is 6.61 Å². The zero-order valence-electron chi connectivity index (χ0n) is 9.57. The van der Waals surface area contributed by atoms with Crippen LogP contribution < -0.4 is 10.5 Å². The topological polar surface area (TPSA) is 44.5 Å². The summed E-state index contributed by atoms with van der Waals surface area (Å²) in [5.74, 6) is 0.843. The van der Waals surface area contributed by atoms with Crippen molar-refractivity contribution in [2.45, 2.75) is 26.0 Å². The van der Waals surface area contributed by atoms with Crippen molar-refractivity contribution in [3.05, 3.63) is 29.8 Å². The Morgan fingerprint density at radius 3 is 2.27 bits per heavy atom. The highest BCUT2D eigenvalue weighted by atomic mass is 16.5. The van der Waals surface area contributed by atoms with Gasteiger partial charge >= 0.3 is 0 Å². The van der Waals surface area contributed by atoms with E-state index in [1.165, 1.54) is 0 Å². The molecule has 15 heavy (non-hydrogen) atoms. The molecule has 3 nitrogen and oxygen atoms in total. The van der Waals surface area contributed by atoms with E-state index >= 15 is 0 Å². The van der Waals surface area contributed by atoms with E-state index in [-0.39, 0.29) is 12.1 Å². The second kappa shape index (κ2) is 5.73. The van der Waals surface area contributed by atoms with Crippen LogP contribution in [0.1, 0.15) is 25.5 Å². The number of benzene rings is 1. The van der Waals surface area contributed by atoms with Gasteiger partial charge in [-0.3, -0.25) is 0 Å². The summed E-state index contributed by atoms with van der Waals surface area (Å²) in [5.41, 5.74) is 7.04. The van der Waals surface area contributed by atoms with Crippen molar-refractivity contribution >= 4 is 0 Å². The highest BCUT2D eigenvalue weighted by Gasteiger charge is 2.06. The third kappa shape index (κ3) is 3.90. The van der Waals surface area contributed by atoms with Gasteiger partial charge in [-0.15, -0.1) is 0 Å². The van der Waals surface area contributed by atoms with Gasteiger partial charge in [0.25, 0.3) is 0 Å². The number of nitrogens with two attached hydrogens (primary N) is 1. The van der Waals surface area contributed by atoms with Crippen LogP contribution in [0.3, 0.4) is 0 Å². The first-order valence-electron chi connectivity index (χ1n) is 5.14. The SMILES string of the molecule is COc1ccc(C(N)COC(C)C)cc1. The van der Waals surface area contributed by atoms with Crippen molar-refractivity contribution in [1.82, 2.24) is 0 Å². The summed E-state index contributed by atoms with van der Waals surface area (Å²) in [7, 11) is 1.65. The second-order valence-corrected chi connectivity index (χ2v) is 3.76. The van der Waals surface area contributed by atoms with E-state index < -0.39 is 0 Å². The third-order valence-corrected chi connectivity index (χ3v) is 2.15. The molecule has 0 aliphatic heterocycles. The first-order chi connectivity index (χ1) is 7.13. The van der Waals surface area contributed by atoms with Gasteiger partial charge < -0.3 is 15.2 Å². The minimum absolute atomic E-state index is 0.0710. The van der Waals surface area contributed by atoms with Gasteiger partial charge in [0.15, 0.2) is 0 Å². The Balaban J connectivity index is 2.54. The molecule has 3 heteroatoms. The van der Waals surface area contributed by atoms with Crippen LogP contribution in [0, 0.1) is 0 Å². The molecule has 84 valence electrons. The van der Waals surface area contributed by atoms with Crippen LogP contribution in [0.15, 0.2) is 24.3 Å². The molecule has 1 aromatic rings. The third-order valence-electron chi connectivity index (χ3n) is 2.15. The van der Waals surface area contributed by atoms with Gasteiger partial charge in [-0.1, -0.05) is 12.1 Å². The lowest BCUT2D eigenvalue weighted by Crippen LogP contribution is -2.19. The Hall–Kier alpha value is -1.06. The number of hydrogen-bond donors (Lipinski definition) is 1. The van der Waals surface area contributed by atoms with Gasteiger partial charge in [0, 0.05) is 0 Å². The predicted octanol–water partition coefficient (Wildman–Crippen LogP) is 2.12. The molecular formula is C12H19NO2. The first-order valence-corrected chi connectivity index (χ1v) is 5.14. The van der Waals surface area contributed by atoms with Crippen molar-refractivity contribution in [2.24, 2.45) is 5.73 Å². The monoisotopic (exact) mass is 209 g/mol. The van der Waals surface area contributed by atoms with Crippen LogP contribution in [0.25, 0.3) is 0 Å². The molecule has 0 saturated carbocycles. The molecule has 0 spiro atoms. The van der Waals surface area contributed by atoms with Crippen LogP contribution in [0.4, 0.5) is 0 Å². The summed E-state index contributed by atoms with van der Waals surface area (Å²) in [6.07, 6.45) is 0.217. The summed E-state index contributed by atoms with van der Waals surface area (Å²) >= 11 is 0. The van der Waals surface area contributed by atoms with Crippen LogP contribution >= 0.6 is 0 Å². The molecule has 0 bridgehead atoms. The molecule has 1 unspecified atom stereocenters. The largest absolute Gasteiger partial charge is 0.497 e. The molecule has 1 aromatic carbocycles. The summed E-state index contributed by atoms with van der Waals surface area (Å²) in [6, 6.07) is 7.67. The lowest BCUT2D eigenvalue weighted by molar-refractivity contribution is 0.0683. The molecule has 0 aliphatic carbocycles. The molecule has 0 fully saturated rings. The smallest absolute Gasteiger partial charge is 0.118 e. The number of hydrogen-bond acceptors (Lipinski definition) is 3. The molecule has 0 amide bonds. The molecule has 0 saturated heterocycles. The molecule has 1 rings (SSSR count). The highest BCUT2D eigenvalue weighted by molar-refractivity contribution is 5.28. The van der Waals surface area contributed by atoms with Crippen LogP contribution in [0.5, 0.6) is 5.75 Å². The van der Waals surface area contributed by atoms with Crippen molar-refractivity contribution < 1.29 is 9.47 Å². The molecule has 2 N–H and O–H groups in total. The average Bonchev–Trinajstić information content (AvgIpc) is 2.26. The maximum Gasteiger partial charge on any atom is 0.118 e. The Kier molecular flexibility index (Phi) is 4.59. The van der Waals surface area contributed by atoms with Crippen molar-refractivity contribution in [1.29, 1.82) is 0 Å². The standard InChI is InChI=1S/C12H19NO2/c1-9(2)15-8-12(13)10-4-6-11(14-3)7-5-10/h4-7,9,12H,8,13H2,1-3H3. The number of ether oxygens (including phenoxy) is 2. The Bertz CT molecular complexity index is 282. The van der Waals surface area contributed by atoms with E-state index in [1.807, 2.05) is 38.1 Å². The molecule has 0 aromatic heterocycles. The average molecular weight is 209 g/mol. The summed E-state index contributed by atoms with van der Waals surface area (Å²) in [5, 5.41) is 0. The van der Waals surface area contributed by atoms with Crippen LogP contribution in [-0.2, 0) is 4.74 Å². The quantitative estimate of drug-likeness (QED) is 0.807. The molecule has 0 aliphatic rings. The molecule has 1 atom stereocenters. The Morgan fingerprint density at radius 1 is 1.20 bits per heavy atom. The normalized spacial score (nSPS) is 12.9. The van der Waals surface area contributed by atoms with Gasteiger partial charge in [0.05, 0.1) is 25.9 Å². The highest BCUT2D eigenvalue weighted by Crippen LogP contribution is 2.16. The Morgan fingerprint density at radius 2 is 1.80 bits per heavy atom. The van der Waals surface area contributed by atoms with Crippen molar-refractivity contribution in [3.8, 4) is 5.75 Å². The zero-order valence-corrected chi connectivity index (χ0v) is 9.57. The van der Waals surface area contributed by atoms with Gasteiger partial charge in [0.2, 0.25) is 0 Å². The summed E-state index contributed by atoms with van der Waals surface area (Å²) < 4.78 is 10.5. The molecule has 0 heterocycles. The fourth-order valence-corrected chi connectivity index (χ4v) is 1.24. The summed E-state index contributed by atoms with van der Waals surface area (Å²) in [6.45, 7) is 4.55. The van der Waals surface area contributed by atoms with Crippen LogP contribution in [-0.4, -0.2) is 19.8 Å². The maximum atomic E-state index is 5.97. The van der Waals surface area contributed by atoms with Crippen molar-refractivity contribution in [3.63, 3.8) is 0 Å². The van der Waals surface area contributed by atoms with E-state index in [1.54, 1.807) is 7.11 Å². The van der Waals surface area contributed by atoms with Gasteiger partial charge in [-0.05, 0) is 31.5 Å². The maximum absolute atomic E-state index is 5.97. The number of rotatable bonds is 5. The fourth-order valence-electron chi connectivity index (χ4n) is 1.24. The van der Waals surface area contributed by atoms with Gasteiger partial charge in [-0.25, -0.2) is 0 Å². The van der Waals surface area contributed by atoms with Crippen LogP contribution in [0.2, 0.25) is 0 Å². The van der Waals surface area contributed by atoms with Gasteiger partial charge in [0.1, 0.15) is 5.75 Å². The lowest BCUT2D eigenvalue weighted by Gasteiger charge is -2.14. The predicted molar refractivity (Wildman–Crippen MR) is 61.0 cm³/mol. The fraction of sp³-hybridized carbons (Fsp3) is 0.500. The minimum atomic E-state index is -0.0710. The zero-order chi connectivity index (χ0) is 11.3. The summed E-state index contributed by atoms with van der Waals surface area (Å²) in [4.78, 5) is 0. The van der Waals surface area contributed by atoms with E-state index in [2.05, 4.69) is 0 Å².